The molecular formula is C15H23ClN4. The zero-order valence-electron chi connectivity index (χ0n) is 12.1. The molecule has 0 spiro atoms. The summed E-state index contributed by atoms with van der Waals surface area (Å²) in [5.41, 5.74) is 6.49. The lowest BCUT2D eigenvalue weighted by atomic mass is 9.85. The van der Waals surface area contributed by atoms with E-state index in [2.05, 4.69) is 21.7 Å². The number of nitrogen functional groups attached to an aromatic ring is 1. The maximum absolute atomic E-state index is 5.94. The Morgan fingerprint density at radius 3 is 2.80 bits per heavy atom. The quantitative estimate of drug-likeness (QED) is 0.931. The summed E-state index contributed by atoms with van der Waals surface area (Å²) in [4.78, 5) is 9.36. The van der Waals surface area contributed by atoms with Crippen LogP contribution in [0.15, 0.2) is 12.3 Å². The molecule has 2 fully saturated rings. The van der Waals surface area contributed by atoms with Crippen molar-refractivity contribution in [2.24, 2.45) is 5.92 Å². The standard InChI is InChI=1S/C15H23ClN4/c1-11-9-19(10-12-3-2-4-12)5-6-20(11)15-7-14(17)13(16)8-18-15/h7-8,11-12H,2-6,9-10H2,1H3,(H2,17,18). The lowest BCUT2D eigenvalue weighted by molar-refractivity contribution is 0.156. The number of pyridine rings is 1. The van der Waals surface area contributed by atoms with Gasteiger partial charge >= 0.3 is 0 Å². The van der Waals surface area contributed by atoms with E-state index in [1.165, 1.54) is 25.8 Å². The summed E-state index contributed by atoms with van der Waals surface area (Å²) in [6.45, 7) is 6.78. The monoisotopic (exact) mass is 294 g/mol. The van der Waals surface area contributed by atoms with Crippen molar-refractivity contribution in [1.82, 2.24) is 9.88 Å². The number of hydrogen-bond acceptors (Lipinski definition) is 4. The third-order valence-corrected chi connectivity index (χ3v) is 4.93. The third-order valence-electron chi connectivity index (χ3n) is 4.62. The molecule has 2 heterocycles. The van der Waals surface area contributed by atoms with Gasteiger partial charge in [-0.25, -0.2) is 4.98 Å². The molecule has 1 saturated heterocycles. The molecule has 4 nitrogen and oxygen atoms in total. The Labute approximate surface area is 125 Å². The first-order chi connectivity index (χ1) is 9.63. The molecule has 2 N–H and O–H groups in total. The maximum atomic E-state index is 5.94. The lowest BCUT2D eigenvalue weighted by Crippen LogP contribution is -2.53. The molecule has 3 rings (SSSR count). The molecule has 1 saturated carbocycles. The first kappa shape index (κ1) is 14.0. The number of piperazine rings is 1. The smallest absolute Gasteiger partial charge is 0.130 e. The van der Waals surface area contributed by atoms with E-state index in [-0.39, 0.29) is 0 Å². The average Bonchev–Trinajstić information content (AvgIpc) is 2.38. The van der Waals surface area contributed by atoms with Gasteiger partial charge in [-0.2, -0.15) is 0 Å². The number of anilines is 2. The Kier molecular flexibility index (Phi) is 4.03. The first-order valence-electron chi connectivity index (χ1n) is 7.53. The minimum atomic E-state index is 0.469. The topological polar surface area (TPSA) is 45.4 Å². The molecule has 1 aliphatic heterocycles. The minimum absolute atomic E-state index is 0.469. The highest BCUT2D eigenvalue weighted by atomic mass is 35.5. The van der Waals surface area contributed by atoms with Gasteiger partial charge in [0.25, 0.3) is 0 Å². The van der Waals surface area contributed by atoms with E-state index in [1.807, 2.05) is 6.07 Å². The second-order valence-corrected chi connectivity index (χ2v) is 6.57. The number of nitrogens with two attached hydrogens (primary N) is 1. The van der Waals surface area contributed by atoms with Crippen molar-refractivity contribution >= 4 is 23.1 Å². The Morgan fingerprint density at radius 1 is 1.40 bits per heavy atom. The zero-order valence-corrected chi connectivity index (χ0v) is 12.8. The van der Waals surface area contributed by atoms with E-state index in [0.29, 0.717) is 16.8 Å². The van der Waals surface area contributed by atoms with E-state index < -0.39 is 0 Å². The van der Waals surface area contributed by atoms with Gasteiger partial charge in [0.2, 0.25) is 0 Å². The number of aromatic nitrogens is 1. The highest BCUT2D eigenvalue weighted by molar-refractivity contribution is 6.32. The minimum Gasteiger partial charge on any atom is -0.397 e. The Morgan fingerprint density at radius 2 is 2.20 bits per heavy atom. The molecule has 0 radical (unpaired) electrons. The van der Waals surface area contributed by atoms with E-state index in [0.717, 1.165) is 31.4 Å². The van der Waals surface area contributed by atoms with Crippen LogP contribution in [-0.4, -0.2) is 42.1 Å². The molecule has 0 bridgehead atoms. The van der Waals surface area contributed by atoms with Gasteiger partial charge in [0.1, 0.15) is 5.82 Å². The summed E-state index contributed by atoms with van der Waals surface area (Å²) >= 11 is 5.94. The normalized spacial score (nSPS) is 24.7. The molecule has 1 aromatic rings. The van der Waals surface area contributed by atoms with Crippen molar-refractivity contribution in [3.8, 4) is 0 Å². The van der Waals surface area contributed by atoms with Gasteiger partial charge in [-0.15, -0.1) is 0 Å². The summed E-state index contributed by atoms with van der Waals surface area (Å²) < 4.78 is 0. The van der Waals surface area contributed by atoms with E-state index >= 15 is 0 Å². The Balaban J connectivity index is 1.62. The van der Waals surface area contributed by atoms with E-state index in [4.69, 9.17) is 17.3 Å². The van der Waals surface area contributed by atoms with Crippen LogP contribution in [0.1, 0.15) is 26.2 Å². The maximum Gasteiger partial charge on any atom is 0.130 e. The molecular weight excluding hydrogens is 272 g/mol. The van der Waals surface area contributed by atoms with Crippen LogP contribution in [0.4, 0.5) is 11.5 Å². The molecule has 20 heavy (non-hydrogen) atoms. The summed E-state index contributed by atoms with van der Waals surface area (Å²) in [6.07, 6.45) is 5.92. The summed E-state index contributed by atoms with van der Waals surface area (Å²) in [7, 11) is 0. The summed E-state index contributed by atoms with van der Waals surface area (Å²) in [5.74, 6) is 1.89. The van der Waals surface area contributed by atoms with Crippen LogP contribution in [0.2, 0.25) is 5.02 Å². The third kappa shape index (κ3) is 2.86. The van der Waals surface area contributed by atoms with Gasteiger partial charge in [0.05, 0.1) is 10.7 Å². The first-order valence-corrected chi connectivity index (χ1v) is 7.91. The van der Waals surface area contributed by atoms with E-state index in [1.54, 1.807) is 6.20 Å². The molecule has 5 heteroatoms. The Hall–Kier alpha value is -1.00. The second kappa shape index (κ2) is 5.78. The van der Waals surface area contributed by atoms with Crippen molar-refractivity contribution in [2.75, 3.05) is 36.8 Å². The van der Waals surface area contributed by atoms with Gasteiger partial charge in [0.15, 0.2) is 0 Å². The predicted octanol–water partition coefficient (Wildman–Crippen LogP) is 2.63. The number of halogens is 1. The SMILES string of the molecule is CC1CN(CC2CCC2)CCN1c1cc(N)c(Cl)cn1. The molecule has 0 amide bonds. The van der Waals surface area contributed by atoms with Crippen LogP contribution in [0.3, 0.4) is 0 Å². The highest BCUT2D eigenvalue weighted by Crippen LogP contribution is 2.29. The summed E-state index contributed by atoms with van der Waals surface area (Å²) in [6, 6.07) is 2.36. The van der Waals surface area contributed by atoms with Crippen LogP contribution >= 0.6 is 11.6 Å². The van der Waals surface area contributed by atoms with Crippen LogP contribution in [0.5, 0.6) is 0 Å². The van der Waals surface area contributed by atoms with E-state index in [9.17, 15) is 0 Å². The number of nitrogens with zero attached hydrogens (tertiary/aromatic N) is 3. The highest BCUT2D eigenvalue weighted by Gasteiger charge is 2.28. The molecule has 0 aromatic carbocycles. The van der Waals surface area contributed by atoms with Crippen LogP contribution in [-0.2, 0) is 0 Å². The van der Waals surface area contributed by atoms with Gasteiger partial charge in [0, 0.05) is 44.5 Å². The largest absolute Gasteiger partial charge is 0.397 e. The fraction of sp³-hybridized carbons (Fsp3) is 0.667. The van der Waals surface area contributed by atoms with Crippen molar-refractivity contribution in [2.45, 2.75) is 32.2 Å². The van der Waals surface area contributed by atoms with Crippen molar-refractivity contribution in [3.05, 3.63) is 17.3 Å². The molecule has 1 atom stereocenters. The van der Waals surface area contributed by atoms with Crippen molar-refractivity contribution in [3.63, 3.8) is 0 Å². The lowest BCUT2D eigenvalue weighted by Gasteiger charge is -2.42. The van der Waals surface area contributed by atoms with Crippen LogP contribution in [0.25, 0.3) is 0 Å². The van der Waals surface area contributed by atoms with Crippen molar-refractivity contribution in [1.29, 1.82) is 0 Å². The van der Waals surface area contributed by atoms with Gasteiger partial charge in [-0.3, -0.25) is 4.90 Å². The average molecular weight is 295 g/mol. The fourth-order valence-electron chi connectivity index (χ4n) is 3.18. The molecule has 1 unspecified atom stereocenters. The number of hydrogen-bond donors (Lipinski definition) is 1. The fourth-order valence-corrected chi connectivity index (χ4v) is 3.28. The Bertz CT molecular complexity index is 475. The summed E-state index contributed by atoms with van der Waals surface area (Å²) in [5, 5.41) is 0.532. The van der Waals surface area contributed by atoms with Gasteiger partial charge in [-0.1, -0.05) is 18.0 Å². The zero-order chi connectivity index (χ0) is 14.1. The second-order valence-electron chi connectivity index (χ2n) is 6.16. The molecule has 1 aliphatic carbocycles. The van der Waals surface area contributed by atoms with Crippen LogP contribution in [0, 0.1) is 5.92 Å². The molecule has 2 aliphatic rings. The van der Waals surface area contributed by atoms with Crippen LogP contribution < -0.4 is 10.6 Å². The van der Waals surface area contributed by atoms with Gasteiger partial charge < -0.3 is 10.6 Å². The number of rotatable bonds is 3. The molecule has 1 aromatic heterocycles. The predicted molar refractivity (Wildman–Crippen MR) is 84.2 cm³/mol. The van der Waals surface area contributed by atoms with Crippen molar-refractivity contribution < 1.29 is 0 Å². The van der Waals surface area contributed by atoms with Gasteiger partial charge in [-0.05, 0) is 25.7 Å². The molecule has 110 valence electrons.